The normalized spacial score (nSPS) is 34.9. The highest BCUT2D eigenvalue weighted by atomic mass is 16.4. The first kappa shape index (κ1) is 10.1. The zero-order chi connectivity index (χ0) is 11.3. The SMILES string of the molecule is O=C(O)C1CCC1C(=O)N1CCC12CCC2. The summed E-state index contributed by atoms with van der Waals surface area (Å²) in [7, 11) is 0. The quantitative estimate of drug-likeness (QED) is 0.766. The van der Waals surface area contributed by atoms with Crippen molar-refractivity contribution < 1.29 is 14.7 Å². The van der Waals surface area contributed by atoms with Gasteiger partial charge in [0.05, 0.1) is 11.8 Å². The average molecular weight is 223 g/mol. The van der Waals surface area contributed by atoms with E-state index in [1.165, 1.54) is 6.42 Å². The van der Waals surface area contributed by atoms with Crippen molar-refractivity contribution in [2.75, 3.05) is 6.54 Å². The van der Waals surface area contributed by atoms with E-state index in [0.717, 1.165) is 32.2 Å². The van der Waals surface area contributed by atoms with Gasteiger partial charge in [-0.15, -0.1) is 0 Å². The van der Waals surface area contributed by atoms with Gasteiger partial charge in [0, 0.05) is 12.1 Å². The van der Waals surface area contributed by atoms with Gasteiger partial charge in [-0.25, -0.2) is 0 Å². The smallest absolute Gasteiger partial charge is 0.307 e. The van der Waals surface area contributed by atoms with Crippen molar-refractivity contribution in [3.63, 3.8) is 0 Å². The summed E-state index contributed by atoms with van der Waals surface area (Å²) in [5, 5.41) is 8.96. The van der Waals surface area contributed by atoms with E-state index in [2.05, 4.69) is 0 Å². The third kappa shape index (κ3) is 1.16. The zero-order valence-corrected chi connectivity index (χ0v) is 9.32. The number of aliphatic carboxylic acids is 1. The molecule has 2 unspecified atom stereocenters. The molecule has 88 valence electrons. The van der Waals surface area contributed by atoms with E-state index in [1.54, 1.807) is 0 Å². The van der Waals surface area contributed by atoms with Crippen LogP contribution in [0.5, 0.6) is 0 Å². The van der Waals surface area contributed by atoms with Gasteiger partial charge >= 0.3 is 5.97 Å². The van der Waals surface area contributed by atoms with Gasteiger partial charge in [-0.05, 0) is 38.5 Å². The monoisotopic (exact) mass is 223 g/mol. The summed E-state index contributed by atoms with van der Waals surface area (Å²) in [6, 6.07) is 0. The van der Waals surface area contributed by atoms with Crippen LogP contribution < -0.4 is 0 Å². The number of carbonyl (C=O) groups excluding carboxylic acids is 1. The molecule has 3 aliphatic rings. The molecular formula is C12H17NO3. The molecular weight excluding hydrogens is 206 g/mol. The number of carboxylic acid groups (broad SMARTS) is 1. The molecule has 4 nitrogen and oxygen atoms in total. The zero-order valence-electron chi connectivity index (χ0n) is 9.32. The molecule has 16 heavy (non-hydrogen) atoms. The standard InChI is InChI=1S/C12H17NO3/c14-10(8-2-3-9(8)11(15)16)13-7-6-12(13)4-1-5-12/h8-9H,1-7H2,(H,15,16). The Bertz CT molecular complexity index is 343. The van der Waals surface area contributed by atoms with Gasteiger partial charge in [-0.2, -0.15) is 0 Å². The lowest BCUT2D eigenvalue weighted by molar-refractivity contribution is -0.171. The van der Waals surface area contributed by atoms with E-state index in [0.29, 0.717) is 6.42 Å². The molecule has 1 aliphatic heterocycles. The average Bonchev–Trinajstić information content (AvgIpc) is 1.93. The first-order chi connectivity index (χ1) is 7.64. The van der Waals surface area contributed by atoms with E-state index in [1.807, 2.05) is 4.90 Å². The molecule has 0 aromatic carbocycles. The van der Waals surface area contributed by atoms with Crippen molar-refractivity contribution in [2.45, 2.75) is 44.1 Å². The van der Waals surface area contributed by atoms with Gasteiger partial charge < -0.3 is 10.0 Å². The maximum Gasteiger partial charge on any atom is 0.307 e. The Morgan fingerprint density at radius 1 is 1.12 bits per heavy atom. The summed E-state index contributed by atoms with van der Waals surface area (Å²) in [5.74, 6) is -1.32. The fourth-order valence-corrected chi connectivity index (χ4v) is 3.28. The van der Waals surface area contributed by atoms with Crippen molar-refractivity contribution in [3.8, 4) is 0 Å². The first-order valence-corrected chi connectivity index (χ1v) is 6.18. The number of nitrogens with zero attached hydrogens (tertiary/aromatic N) is 1. The van der Waals surface area contributed by atoms with Crippen LogP contribution in [-0.4, -0.2) is 34.0 Å². The number of carboxylic acids is 1. The van der Waals surface area contributed by atoms with Crippen LogP contribution in [0.15, 0.2) is 0 Å². The number of carbonyl (C=O) groups is 2. The second-order valence-electron chi connectivity index (χ2n) is 5.45. The number of hydrogen-bond donors (Lipinski definition) is 1. The molecule has 3 fully saturated rings. The summed E-state index contributed by atoms with van der Waals surface area (Å²) < 4.78 is 0. The van der Waals surface area contributed by atoms with Gasteiger partial charge in [0.15, 0.2) is 0 Å². The fourth-order valence-electron chi connectivity index (χ4n) is 3.28. The molecule has 1 amide bonds. The Hall–Kier alpha value is -1.06. The van der Waals surface area contributed by atoms with Crippen molar-refractivity contribution in [1.29, 1.82) is 0 Å². The van der Waals surface area contributed by atoms with E-state index in [4.69, 9.17) is 5.11 Å². The van der Waals surface area contributed by atoms with Crippen molar-refractivity contribution in [3.05, 3.63) is 0 Å². The molecule has 2 saturated carbocycles. The van der Waals surface area contributed by atoms with Crippen LogP contribution in [0.1, 0.15) is 38.5 Å². The van der Waals surface area contributed by atoms with E-state index < -0.39 is 11.9 Å². The highest BCUT2D eigenvalue weighted by Gasteiger charge is 2.54. The Morgan fingerprint density at radius 2 is 1.81 bits per heavy atom. The van der Waals surface area contributed by atoms with Crippen LogP contribution >= 0.6 is 0 Å². The van der Waals surface area contributed by atoms with Gasteiger partial charge in [0.1, 0.15) is 0 Å². The van der Waals surface area contributed by atoms with Crippen molar-refractivity contribution in [1.82, 2.24) is 4.90 Å². The molecule has 1 N–H and O–H groups in total. The Morgan fingerprint density at radius 3 is 2.12 bits per heavy atom. The van der Waals surface area contributed by atoms with Crippen LogP contribution in [0.4, 0.5) is 0 Å². The summed E-state index contributed by atoms with van der Waals surface area (Å²) in [6.07, 6.45) is 6.04. The van der Waals surface area contributed by atoms with Gasteiger partial charge in [-0.3, -0.25) is 9.59 Å². The first-order valence-electron chi connectivity index (χ1n) is 6.18. The number of rotatable bonds is 2. The maximum atomic E-state index is 12.2. The summed E-state index contributed by atoms with van der Waals surface area (Å²) >= 11 is 0. The molecule has 0 bridgehead atoms. The van der Waals surface area contributed by atoms with Crippen LogP contribution in [0.25, 0.3) is 0 Å². The predicted octanol–water partition coefficient (Wildman–Crippen LogP) is 1.25. The Labute approximate surface area is 94.6 Å². The fraction of sp³-hybridized carbons (Fsp3) is 0.833. The van der Waals surface area contributed by atoms with E-state index >= 15 is 0 Å². The van der Waals surface area contributed by atoms with Gasteiger partial charge in [0.2, 0.25) is 5.91 Å². The molecule has 1 spiro atoms. The molecule has 1 heterocycles. The van der Waals surface area contributed by atoms with Gasteiger partial charge in [-0.1, -0.05) is 0 Å². The molecule has 0 aromatic heterocycles. The molecule has 4 heteroatoms. The van der Waals surface area contributed by atoms with E-state index in [-0.39, 0.29) is 17.4 Å². The second-order valence-corrected chi connectivity index (χ2v) is 5.45. The van der Waals surface area contributed by atoms with Crippen LogP contribution in [-0.2, 0) is 9.59 Å². The summed E-state index contributed by atoms with van der Waals surface area (Å²) in [6.45, 7) is 0.849. The minimum Gasteiger partial charge on any atom is -0.481 e. The minimum absolute atomic E-state index is 0.115. The highest BCUT2D eigenvalue weighted by molar-refractivity contribution is 5.87. The molecule has 2 aliphatic carbocycles. The lowest BCUT2D eigenvalue weighted by Gasteiger charge is -2.60. The maximum absolute atomic E-state index is 12.2. The predicted molar refractivity (Wildman–Crippen MR) is 56.8 cm³/mol. The molecule has 1 saturated heterocycles. The minimum atomic E-state index is -0.798. The third-order valence-corrected chi connectivity index (χ3v) is 4.83. The van der Waals surface area contributed by atoms with Crippen molar-refractivity contribution >= 4 is 11.9 Å². The molecule has 3 rings (SSSR count). The van der Waals surface area contributed by atoms with Crippen LogP contribution in [0.2, 0.25) is 0 Å². The van der Waals surface area contributed by atoms with Crippen molar-refractivity contribution in [2.24, 2.45) is 11.8 Å². The molecule has 0 aromatic rings. The van der Waals surface area contributed by atoms with E-state index in [9.17, 15) is 9.59 Å². The lowest BCUT2D eigenvalue weighted by Crippen LogP contribution is -2.67. The van der Waals surface area contributed by atoms with Gasteiger partial charge in [0.25, 0.3) is 0 Å². The topological polar surface area (TPSA) is 57.6 Å². The largest absolute Gasteiger partial charge is 0.481 e. The number of hydrogen-bond acceptors (Lipinski definition) is 2. The Kier molecular flexibility index (Phi) is 2.03. The number of likely N-dealkylation sites (tertiary alicyclic amines) is 1. The molecule has 0 radical (unpaired) electrons. The van der Waals surface area contributed by atoms with Crippen LogP contribution in [0.3, 0.4) is 0 Å². The molecule has 2 atom stereocenters. The summed E-state index contributed by atoms with van der Waals surface area (Å²) in [5.41, 5.74) is 0.162. The Balaban J connectivity index is 1.67. The third-order valence-electron chi connectivity index (χ3n) is 4.83. The highest BCUT2D eigenvalue weighted by Crippen LogP contribution is 2.49. The second kappa shape index (κ2) is 3.22. The number of amides is 1. The van der Waals surface area contributed by atoms with Crippen LogP contribution in [0, 0.1) is 11.8 Å². The lowest BCUT2D eigenvalue weighted by atomic mass is 9.65. The summed E-state index contributed by atoms with van der Waals surface area (Å²) in [4.78, 5) is 25.1.